The molecule has 0 saturated carbocycles. The zero-order valence-electron chi connectivity index (χ0n) is 15.5. The molecular formula is C22H18Cl2N2O2S. The summed E-state index contributed by atoms with van der Waals surface area (Å²) in [5.74, 6) is -0.581. The summed E-state index contributed by atoms with van der Waals surface area (Å²) in [7, 11) is 0. The first-order valence-corrected chi connectivity index (χ1v) is 10.5. The fourth-order valence-electron chi connectivity index (χ4n) is 2.63. The van der Waals surface area contributed by atoms with Crippen LogP contribution in [0.5, 0.6) is 0 Å². The molecule has 2 N–H and O–H groups in total. The summed E-state index contributed by atoms with van der Waals surface area (Å²) in [6.07, 6.45) is 0. The first-order chi connectivity index (χ1) is 13.9. The molecule has 0 aliphatic heterocycles. The molecule has 0 saturated heterocycles. The van der Waals surface area contributed by atoms with Gasteiger partial charge in [0.15, 0.2) is 0 Å². The number of rotatable bonds is 5. The van der Waals surface area contributed by atoms with Gasteiger partial charge in [-0.2, -0.15) is 0 Å². The van der Waals surface area contributed by atoms with Gasteiger partial charge in [0.05, 0.1) is 15.6 Å². The van der Waals surface area contributed by atoms with E-state index in [4.69, 9.17) is 23.2 Å². The number of imide groups is 1. The SMILES string of the molecule is CC(Sc1ccc(NC(=O)NC(=O)c2ccccc2Cl)cc1Cl)c1ccccc1. The lowest BCUT2D eigenvalue weighted by Gasteiger charge is -2.14. The number of carbonyl (C=O) groups is 2. The maximum absolute atomic E-state index is 12.2. The van der Waals surface area contributed by atoms with E-state index in [1.54, 1.807) is 48.2 Å². The van der Waals surface area contributed by atoms with Crippen LogP contribution in [0.25, 0.3) is 0 Å². The highest BCUT2D eigenvalue weighted by Crippen LogP contribution is 2.39. The fourth-order valence-corrected chi connectivity index (χ4v) is 4.16. The van der Waals surface area contributed by atoms with Gasteiger partial charge in [0.1, 0.15) is 0 Å². The minimum absolute atomic E-state index is 0.226. The highest BCUT2D eigenvalue weighted by molar-refractivity contribution is 7.99. The van der Waals surface area contributed by atoms with Crippen LogP contribution in [0.1, 0.15) is 28.1 Å². The molecule has 0 heterocycles. The van der Waals surface area contributed by atoms with Gasteiger partial charge in [-0.25, -0.2) is 4.79 Å². The second kappa shape index (κ2) is 9.83. The van der Waals surface area contributed by atoms with E-state index in [0.717, 1.165) is 4.90 Å². The topological polar surface area (TPSA) is 58.2 Å². The molecule has 3 amide bonds. The molecule has 3 rings (SSSR count). The molecule has 0 aliphatic rings. The van der Waals surface area contributed by atoms with Gasteiger partial charge in [0, 0.05) is 15.8 Å². The number of halogens is 2. The van der Waals surface area contributed by atoms with E-state index in [-0.39, 0.29) is 15.8 Å². The van der Waals surface area contributed by atoms with E-state index < -0.39 is 11.9 Å². The Morgan fingerprint density at radius 1 is 0.897 bits per heavy atom. The van der Waals surface area contributed by atoms with Crippen LogP contribution in [-0.4, -0.2) is 11.9 Å². The van der Waals surface area contributed by atoms with E-state index in [1.165, 1.54) is 5.56 Å². The lowest BCUT2D eigenvalue weighted by molar-refractivity contribution is 0.0967. The van der Waals surface area contributed by atoms with Crippen molar-refractivity contribution in [2.75, 3.05) is 5.32 Å². The number of benzene rings is 3. The third-order valence-corrected chi connectivity index (χ3v) is 6.10. The van der Waals surface area contributed by atoms with E-state index >= 15 is 0 Å². The minimum atomic E-state index is -0.663. The van der Waals surface area contributed by atoms with Crippen molar-refractivity contribution in [3.63, 3.8) is 0 Å². The van der Waals surface area contributed by atoms with Crippen molar-refractivity contribution in [3.8, 4) is 0 Å². The van der Waals surface area contributed by atoms with Crippen LogP contribution < -0.4 is 10.6 Å². The highest BCUT2D eigenvalue weighted by Gasteiger charge is 2.14. The van der Waals surface area contributed by atoms with Crippen molar-refractivity contribution in [2.24, 2.45) is 0 Å². The molecule has 1 unspecified atom stereocenters. The van der Waals surface area contributed by atoms with Crippen molar-refractivity contribution in [1.29, 1.82) is 0 Å². The Hall–Kier alpha value is -2.47. The van der Waals surface area contributed by atoms with Crippen molar-refractivity contribution in [3.05, 3.63) is 94.0 Å². The molecule has 148 valence electrons. The number of hydrogen-bond acceptors (Lipinski definition) is 3. The summed E-state index contributed by atoms with van der Waals surface area (Å²) in [5.41, 5.74) is 1.91. The summed E-state index contributed by atoms with van der Waals surface area (Å²) >= 11 is 14.0. The lowest BCUT2D eigenvalue weighted by atomic mass is 10.2. The number of nitrogens with one attached hydrogen (secondary N) is 2. The maximum Gasteiger partial charge on any atom is 0.326 e. The largest absolute Gasteiger partial charge is 0.326 e. The van der Waals surface area contributed by atoms with E-state index in [9.17, 15) is 9.59 Å². The van der Waals surface area contributed by atoms with Gasteiger partial charge < -0.3 is 5.32 Å². The summed E-state index contributed by atoms with van der Waals surface area (Å²) in [4.78, 5) is 25.2. The zero-order valence-corrected chi connectivity index (χ0v) is 17.8. The Labute approximate surface area is 183 Å². The van der Waals surface area contributed by atoms with Crippen molar-refractivity contribution in [1.82, 2.24) is 5.32 Å². The van der Waals surface area contributed by atoms with Crippen LogP contribution >= 0.6 is 35.0 Å². The highest BCUT2D eigenvalue weighted by atomic mass is 35.5. The molecule has 1 atom stereocenters. The average Bonchev–Trinajstić information content (AvgIpc) is 2.70. The Morgan fingerprint density at radius 2 is 1.59 bits per heavy atom. The third kappa shape index (κ3) is 5.76. The zero-order chi connectivity index (χ0) is 20.8. The van der Waals surface area contributed by atoms with Crippen LogP contribution in [0.2, 0.25) is 10.0 Å². The Kier molecular flexibility index (Phi) is 7.20. The van der Waals surface area contributed by atoms with Gasteiger partial charge in [0.2, 0.25) is 0 Å². The first-order valence-electron chi connectivity index (χ1n) is 8.82. The molecule has 0 fully saturated rings. The summed E-state index contributed by atoms with van der Waals surface area (Å²) < 4.78 is 0. The van der Waals surface area contributed by atoms with E-state index in [1.807, 2.05) is 24.3 Å². The summed E-state index contributed by atoms with van der Waals surface area (Å²) in [5, 5.41) is 5.88. The van der Waals surface area contributed by atoms with Crippen LogP contribution in [0.3, 0.4) is 0 Å². The summed E-state index contributed by atoms with van der Waals surface area (Å²) in [6.45, 7) is 2.11. The Morgan fingerprint density at radius 3 is 2.28 bits per heavy atom. The number of urea groups is 1. The molecule has 3 aromatic rings. The number of thioether (sulfide) groups is 1. The first kappa shape index (κ1) is 21.2. The second-order valence-corrected chi connectivity index (χ2v) is 8.40. The van der Waals surface area contributed by atoms with Crippen LogP contribution in [0, 0.1) is 0 Å². The number of amides is 3. The average molecular weight is 445 g/mol. The molecule has 0 spiro atoms. The maximum atomic E-state index is 12.2. The molecule has 29 heavy (non-hydrogen) atoms. The predicted octanol–water partition coefficient (Wildman–Crippen LogP) is 6.81. The van der Waals surface area contributed by atoms with E-state index in [2.05, 4.69) is 29.7 Å². The fraction of sp³-hybridized carbons (Fsp3) is 0.0909. The number of carbonyl (C=O) groups excluding carboxylic acids is 2. The lowest BCUT2D eigenvalue weighted by Crippen LogP contribution is -2.34. The second-order valence-electron chi connectivity index (χ2n) is 6.20. The molecule has 3 aromatic carbocycles. The quantitative estimate of drug-likeness (QED) is 0.424. The molecule has 0 aromatic heterocycles. The monoisotopic (exact) mass is 444 g/mol. The minimum Gasteiger partial charge on any atom is -0.308 e. The molecule has 0 aliphatic carbocycles. The Balaban J connectivity index is 1.62. The summed E-state index contributed by atoms with van der Waals surface area (Å²) in [6, 6.07) is 21.2. The molecule has 7 heteroatoms. The van der Waals surface area contributed by atoms with Crippen molar-refractivity contribution < 1.29 is 9.59 Å². The Bertz CT molecular complexity index is 1030. The van der Waals surface area contributed by atoms with Crippen molar-refractivity contribution >= 4 is 52.6 Å². The van der Waals surface area contributed by atoms with Gasteiger partial charge in [-0.1, -0.05) is 65.7 Å². The van der Waals surface area contributed by atoms with E-state index in [0.29, 0.717) is 10.7 Å². The normalized spacial score (nSPS) is 11.6. The molecule has 0 bridgehead atoms. The van der Waals surface area contributed by atoms with Crippen LogP contribution in [0.4, 0.5) is 10.5 Å². The van der Waals surface area contributed by atoms with Gasteiger partial charge in [0.25, 0.3) is 5.91 Å². The predicted molar refractivity (Wildman–Crippen MR) is 120 cm³/mol. The number of anilines is 1. The molecule has 4 nitrogen and oxygen atoms in total. The third-order valence-electron chi connectivity index (χ3n) is 4.11. The standard InChI is InChI=1S/C22H18Cl2N2O2S/c1-14(15-7-3-2-4-8-15)29-20-12-11-16(13-19(20)24)25-22(28)26-21(27)17-9-5-6-10-18(17)23/h2-14H,1H3,(H2,25,26,27,28). The van der Waals surface area contributed by atoms with Gasteiger partial charge in [-0.15, -0.1) is 11.8 Å². The van der Waals surface area contributed by atoms with Gasteiger partial charge in [-0.3, -0.25) is 10.1 Å². The number of hydrogen-bond donors (Lipinski definition) is 2. The molecular weight excluding hydrogens is 427 g/mol. The van der Waals surface area contributed by atoms with Gasteiger partial charge in [-0.05, 0) is 42.8 Å². The smallest absolute Gasteiger partial charge is 0.308 e. The van der Waals surface area contributed by atoms with Crippen LogP contribution in [0.15, 0.2) is 77.7 Å². The molecule has 0 radical (unpaired) electrons. The van der Waals surface area contributed by atoms with Gasteiger partial charge >= 0.3 is 6.03 Å². The van der Waals surface area contributed by atoms with Crippen molar-refractivity contribution in [2.45, 2.75) is 17.1 Å². The van der Waals surface area contributed by atoms with Crippen LogP contribution in [-0.2, 0) is 0 Å².